The van der Waals surface area contributed by atoms with Crippen molar-refractivity contribution in [1.82, 2.24) is 19.6 Å². The predicted molar refractivity (Wildman–Crippen MR) is 92.6 cm³/mol. The van der Waals surface area contributed by atoms with Crippen molar-refractivity contribution in [3.05, 3.63) is 53.9 Å². The summed E-state index contributed by atoms with van der Waals surface area (Å²) in [5, 5.41) is 4.36. The fourth-order valence-corrected chi connectivity index (χ4v) is 3.90. The first-order chi connectivity index (χ1) is 11.7. The van der Waals surface area contributed by atoms with Gasteiger partial charge in [0.25, 0.3) is 5.91 Å². The second-order valence-electron chi connectivity index (χ2n) is 6.84. The number of aryl methyl sites for hydroxylation is 1. The number of likely N-dealkylation sites (tertiary alicyclic amines) is 2. The molecule has 1 aromatic heterocycles. The Labute approximate surface area is 142 Å². The molecule has 126 valence electrons. The highest BCUT2D eigenvalue weighted by Gasteiger charge is 2.43. The average molecular weight is 324 g/mol. The maximum Gasteiger partial charge on any atom is 0.274 e. The van der Waals surface area contributed by atoms with E-state index < -0.39 is 0 Å². The van der Waals surface area contributed by atoms with Crippen LogP contribution in [0.2, 0.25) is 0 Å². The van der Waals surface area contributed by atoms with Crippen molar-refractivity contribution in [3.63, 3.8) is 0 Å². The van der Waals surface area contributed by atoms with E-state index in [0.29, 0.717) is 11.7 Å². The molecular formula is C19H24N4O. The van der Waals surface area contributed by atoms with Gasteiger partial charge in [0.1, 0.15) is 5.69 Å². The van der Waals surface area contributed by atoms with Gasteiger partial charge < -0.3 is 4.90 Å². The van der Waals surface area contributed by atoms with E-state index in [1.807, 2.05) is 28.8 Å². The van der Waals surface area contributed by atoms with Crippen LogP contribution in [-0.2, 0) is 13.1 Å². The lowest BCUT2D eigenvalue weighted by molar-refractivity contribution is -0.0428. The molecule has 2 atom stereocenters. The van der Waals surface area contributed by atoms with Crippen LogP contribution >= 0.6 is 0 Å². The fraction of sp³-hybridized carbons (Fsp3) is 0.474. The van der Waals surface area contributed by atoms with Gasteiger partial charge in [-0.05, 0) is 30.9 Å². The molecule has 0 bridgehead atoms. The zero-order valence-corrected chi connectivity index (χ0v) is 14.1. The molecule has 2 saturated heterocycles. The van der Waals surface area contributed by atoms with Crippen LogP contribution in [0.25, 0.3) is 0 Å². The molecule has 1 amide bonds. The normalized spacial score (nSPS) is 23.6. The highest BCUT2D eigenvalue weighted by Crippen LogP contribution is 2.34. The van der Waals surface area contributed by atoms with E-state index in [0.717, 1.165) is 45.1 Å². The lowest BCUT2D eigenvalue weighted by Crippen LogP contribution is -2.64. The van der Waals surface area contributed by atoms with Crippen molar-refractivity contribution in [2.75, 3.05) is 19.6 Å². The van der Waals surface area contributed by atoms with Gasteiger partial charge in [-0.3, -0.25) is 14.4 Å². The number of nitrogens with zero attached hydrogens (tertiary/aromatic N) is 4. The van der Waals surface area contributed by atoms with Gasteiger partial charge in [-0.1, -0.05) is 30.3 Å². The summed E-state index contributed by atoms with van der Waals surface area (Å²) in [6, 6.07) is 12.9. The topological polar surface area (TPSA) is 41.4 Å². The Morgan fingerprint density at radius 1 is 1.21 bits per heavy atom. The van der Waals surface area contributed by atoms with Gasteiger partial charge >= 0.3 is 0 Å². The molecule has 0 aliphatic carbocycles. The monoisotopic (exact) mass is 324 g/mol. The second-order valence-corrected chi connectivity index (χ2v) is 6.84. The molecular weight excluding hydrogens is 300 g/mol. The van der Waals surface area contributed by atoms with Crippen molar-refractivity contribution >= 4 is 5.91 Å². The highest BCUT2D eigenvalue weighted by atomic mass is 16.2. The zero-order valence-electron chi connectivity index (χ0n) is 14.1. The number of hydrogen-bond acceptors (Lipinski definition) is 3. The van der Waals surface area contributed by atoms with Crippen LogP contribution in [-0.4, -0.2) is 51.2 Å². The number of hydrogen-bond donors (Lipinski definition) is 0. The van der Waals surface area contributed by atoms with Crippen molar-refractivity contribution in [3.8, 4) is 0 Å². The Hall–Kier alpha value is -2.14. The molecule has 0 radical (unpaired) electrons. The van der Waals surface area contributed by atoms with E-state index in [2.05, 4.69) is 40.3 Å². The quantitative estimate of drug-likeness (QED) is 0.866. The number of carbonyl (C=O) groups excluding carboxylic acids is 1. The number of aromatic nitrogens is 2. The van der Waals surface area contributed by atoms with Gasteiger partial charge in [-0.2, -0.15) is 5.10 Å². The predicted octanol–water partition coefficient (Wildman–Crippen LogP) is 2.25. The van der Waals surface area contributed by atoms with Crippen LogP contribution in [0.1, 0.15) is 29.4 Å². The Kier molecular flexibility index (Phi) is 4.10. The molecule has 3 heterocycles. The van der Waals surface area contributed by atoms with Gasteiger partial charge in [0.2, 0.25) is 0 Å². The third-order valence-corrected chi connectivity index (χ3v) is 5.36. The molecule has 5 heteroatoms. The molecule has 0 unspecified atom stereocenters. The Morgan fingerprint density at radius 2 is 2.04 bits per heavy atom. The van der Waals surface area contributed by atoms with Crippen molar-refractivity contribution in [1.29, 1.82) is 0 Å². The molecule has 2 fully saturated rings. The molecule has 0 spiro atoms. The highest BCUT2D eigenvalue weighted by molar-refractivity contribution is 5.92. The van der Waals surface area contributed by atoms with E-state index in [1.54, 1.807) is 0 Å². The summed E-state index contributed by atoms with van der Waals surface area (Å²) in [5.74, 6) is 0.818. The molecule has 4 rings (SSSR count). The maximum atomic E-state index is 12.7. The van der Waals surface area contributed by atoms with Crippen LogP contribution in [0.5, 0.6) is 0 Å². The van der Waals surface area contributed by atoms with Gasteiger partial charge in [-0.15, -0.1) is 0 Å². The van der Waals surface area contributed by atoms with Gasteiger partial charge in [-0.25, -0.2) is 0 Å². The maximum absolute atomic E-state index is 12.7. The summed E-state index contributed by atoms with van der Waals surface area (Å²) in [7, 11) is 0. The van der Waals surface area contributed by atoms with Crippen molar-refractivity contribution in [2.45, 2.75) is 32.5 Å². The van der Waals surface area contributed by atoms with Crippen LogP contribution in [0.3, 0.4) is 0 Å². The minimum Gasteiger partial charge on any atom is -0.336 e. The lowest BCUT2D eigenvalue weighted by atomic mass is 9.82. The smallest absolute Gasteiger partial charge is 0.274 e. The molecule has 0 saturated carbocycles. The van der Waals surface area contributed by atoms with Crippen LogP contribution < -0.4 is 0 Å². The Balaban J connectivity index is 1.40. The average Bonchev–Trinajstić information content (AvgIpc) is 3.09. The summed E-state index contributed by atoms with van der Waals surface area (Å²) >= 11 is 0. The van der Waals surface area contributed by atoms with Crippen molar-refractivity contribution in [2.24, 2.45) is 5.92 Å². The number of carbonyl (C=O) groups is 1. The van der Waals surface area contributed by atoms with E-state index in [1.165, 1.54) is 5.56 Å². The van der Waals surface area contributed by atoms with Crippen LogP contribution in [0.15, 0.2) is 42.6 Å². The number of amides is 1. The SMILES string of the molecule is CCn1ccc(C(=O)N2CC[C@@H]3CN(Cc4ccccc4)[C@@H]3C2)n1. The largest absolute Gasteiger partial charge is 0.336 e. The Bertz CT molecular complexity index is 711. The van der Waals surface area contributed by atoms with E-state index in [4.69, 9.17) is 0 Å². The van der Waals surface area contributed by atoms with E-state index >= 15 is 0 Å². The van der Waals surface area contributed by atoms with Crippen molar-refractivity contribution < 1.29 is 4.79 Å². The molecule has 5 nitrogen and oxygen atoms in total. The van der Waals surface area contributed by atoms with Gasteiger partial charge in [0, 0.05) is 45.0 Å². The standard InChI is InChI=1S/C19H24N4O/c1-2-23-11-9-17(20-23)19(24)21-10-8-16-13-22(18(16)14-21)12-15-6-4-3-5-7-15/h3-7,9,11,16,18H,2,8,10,12-14H2,1H3/t16-,18-/m1/s1. The number of piperidine rings is 1. The third-order valence-electron chi connectivity index (χ3n) is 5.36. The van der Waals surface area contributed by atoms with Crippen LogP contribution in [0.4, 0.5) is 0 Å². The number of benzene rings is 1. The fourth-order valence-electron chi connectivity index (χ4n) is 3.90. The number of rotatable bonds is 4. The van der Waals surface area contributed by atoms with Crippen LogP contribution in [0, 0.1) is 5.92 Å². The number of fused-ring (bicyclic) bond motifs is 1. The van der Waals surface area contributed by atoms with Gasteiger partial charge in [0.05, 0.1) is 0 Å². The minimum atomic E-state index is 0.0761. The summed E-state index contributed by atoms with van der Waals surface area (Å²) in [6.45, 7) is 6.65. The summed E-state index contributed by atoms with van der Waals surface area (Å²) in [6.07, 6.45) is 2.99. The second kappa shape index (κ2) is 6.40. The first-order valence-electron chi connectivity index (χ1n) is 8.85. The zero-order chi connectivity index (χ0) is 16.5. The molecule has 0 N–H and O–H groups in total. The molecule has 2 aromatic rings. The Morgan fingerprint density at radius 3 is 2.79 bits per heavy atom. The lowest BCUT2D eigenvalue weighted by Gasteiger charge is -2.53. The van der Waals surface area contributed by atoms with E-state index in [9.17, 15) is 4.79 Å². The summed E-state index contributed by atoms with van der Waals surface area (Å²) in [5.41, 5.74) is 1.92. The summed E-state index contributed by atoms with van der Waals surface area (Å²) in [4.78, 5) is 17.2. The van der Waals surface area contributed by atoms with E-state index in [-0.39, 0.29) is 5.91 Å². The molecule has 24 heavy (non-hydrogen) atoms. The minimum absolute atomic E-state index is 0.0761. The third kappa shape index (κ3) is 2.84. The molecule has 1 aromatic carbocycles. The first kappa shape index (κ1) is 15.4. The molecule has 2 aliphatic rings. The van der Waals surface area contributed by atoms with Gasteiger partial charge in [0.15, 0.2) is 0 Å². The summed E-state index contributed by atoms with van der Waals surface area (Å²) < 4.78 is 1.81. The first-order valence-corrected chi connectivity index (χ1v) is 8.85. The molecule has 2 aliphatic heterocycles.